The number of carbonyl (C=O) groups is 1. The van der Waals surface area contributed by atoms with Crippen LogP contribution in [0.3, 0.4) is 0 Å². The highest BCUT2D eigenvalue weighted by Crippen LogP contribution is 2.36. The van der Waals surface area contributed by atoms with Gasteiger partial charge in [0, 0.05) is 13.1 Å². The molecule has 0 spiro atoms. The molecule has 5 heteroatoms. The second kappa shape index (κ2) is 6.22. The fourth-order valence-corrected chi connectivity index (χ4v) is 3.38. The van der Waals surface area contributed by atoms with Crippen LogP contribution in [0, 0.1) is 11.2 Å². The minimum absolute atomic E-state index is 0.277. The van der Waals surface area contributed by atoms with Crippen LogP contribution in [0.1, 0.15) is 31.7 Å². The van der Waals surface area contributed by atoms with Gasteiger partial charge in [-0.15, -0.1) is 0 Å². The zero-order valence-corrected chi connectivity index (χ0v) is 13.1. The van der Waals surface area contributed by atoms with Gasteiger partial charge in [0.1, 0.15) is 5.82 Å². The molecular weight excluding hydrogens is 325 g/mol. The number of carboxylic acid groups (broad SMARTS) is 1. The summed E-state index contributed by atoms with van der Waals surface area (Å²) in [7, 11) is 0. The second-order valence-electron chi connectivity index (χ2n) is 5.54. The lowest BCUT2D eigenvalue weighted by Gasteiger charge is -2.24. The van der Waals surface area contributed by atoms with E-state index >= 15 is 0 Å². The van der Waals surface area contributed by atoms with Gasteiger partial charge in [0.15, 0.2) is 0 Å². The standard InChI is InChI=1S/C15H19BrFNO2/c1-2-5-15(14(19)20)6-7-18(10-15)9-11-3-4-13(17)12(16)8-11/h3-4,8H,2,5-7,9-10H2,1H3,(H,19,20). The van der Waals surface area contributed by atoms with Crippen molar-refractivity contribution in [3.05, 3.63) is 34.1 Å². The Morgan fingerprint density at radius 1 is 1.55 bits per heavy atom. The Kier molecular flexibility index (Phi) is 4.81. The van der Waals surface area contributed by atoms with Crippen LogP contribution in [0.2, 0.25) is 0 Å². The predicted octanol–water partition coefficient (Wildman–Crippen LogP) is 3.67. The Morgan fingerprint density at radius 2 is 2.30 bits per heavy atom. The molecule has 0 aromatic heterocycles. The maximum Gasteiger partial charge on any atom is 0.310 e. The largest absolute Gasteiger partial charge is 0.481 e. The normalized spacial score (nSPS) is 23.1. The lowest BCUT2D eigenvalue weighted by atomic mass is 9.83. The van der Waals surface area contributed by atoms with Crippen molar-refractivity contribution in [1.82, 2.24) is 4.90 Å². The van der Waals surface area contributed by atoms with Gasteiger partial charge in [0.05, 0.1) is 9.89 Å². The van der Waals surface area contributed by atoms with Crippen LogP contribution in [-0.4, -0.2) is 29.1 Å². The quantitative estimate of drug-likeness (QED) is 0.886. The molecule has 110 valence electrons. The van der Waals surface area contributed by atoms with Crippen LogP contribution < -0.4 is 0 Å². The number of halogens is 2. The van der Waals surface area contributed by atoms with E-state index in [1.54, 1.807) is 12.1 Å². The van der Waals surface area contributed by atoms with Crippen molar-refractivity contribution in [2.75, 3.05) is 13.1 Å². The number of carboxylic acids is 1. The smallest absolute Gasteiger partial charge is 0.310 e. The summed E-state index contributed by atoms with van der Waals surface area (Å²) in [5.41, 5.74) is 0.391. The average molecular weight is 344 g/mol. The minimum Gasteiger partial charge on any atom is -0.481 e. The Balaban J connectivity index is 2.05. The summed E-state index contributed by atoms with van der Waals surface area (Å²) >= 11 is 3.18. The molecule has 3 nitrogen and oxygen atoms in total. The van der Waals surface area contributed by atoms with Gasteiger partial charge >= 0.3 is 5.97 Å². The van der Waals surface area contributed by atoms with Gasteiger partial charge < -0.3 is 5.11 Å². The highest BCUT2D eigenvalue weighted by molar-refractivity contribution is 9.10. The summed E-state index contributed by atoms with van der Waals surface area (Å²) in [6.07, 6.45) is 2.28. The molecule has 1 aliphatic rings. The molecule has 1 saturated heterocycles. The van der Waals surface area contributed by atoms with Crippen molar-refractivity contribution in [3.8, 4) is 0 Å². The third kappa shape index (κ3) is 3.20. The van der Waals surface area contributed by atoms with Crippen LogP contribution in [0.5, 0.6) is 0 Å². The molecule has 1 atom stereocenters. The van der Waals surface area contributed by atoms with E-state index in [-0.39, 0.29) is 5.82 Å². The highest BCUT2D eigenvalue weighted by atomic mass is 79.9. The molecular formula is C15H19BrFNO2. The second-order valence-corrected chi connectivity index (χ2v) is 6.40. The van der Waals surface area contributed by atoms with E-state index < -0.39 is 11.4 Å². The van der Waals surface area contributed by atoms with E-state index in [2.05, 4.69) is 20.8 Å². The molecule has 1 fully saturated rings. The van der Waals surface area contributed by atoms with Crippen molar-refractivity contribution >= 4 is 21.9 Å². The molecule has 0 bridgehead atoms. The highest BCUT2D eigenvalue weighted by Gasteiger charge is 2.43. The molecule has 20 heavy (non-hydrogen) atoms. The van der Waals surface area contributed by atoms with Crippen molar-refractivity contribution in [3.63, 3.8) is 0 Å². The SMILES string of the molecule is CCCC1(C(=O)O)CCN(Cc2ccc(F)c(Br)c2)C1. The van der Waals surface area contributed by atoms with Gasteiger partial charge in [-0.25, -0.2) is 4.39 Å². The molecule has 0 aliphatic carbocycles. The summed E-state index contributed by atoms with van der Waals surface area (Å²) in [6.45, 7) is 4.04. The maximum atomic E-state index is 13.2. The zero-order valence-electron chi connectivity index (χ0n) is 11.5. The van der Waals surface area contributed by atoms with E-state index in [0.29, 0.717) is 30.4 Å². The van der Waals surface area contributed by atoms with E-state index in [1.165, 1.54) is 6.07 Å². The first-order chi connectivity index (χ1) is 9.47. The van der Waals surface area contributed by atoms with Crippen LogP contribution >= 0.6 is 15.9 Å². The molecule has 1 N–H and O–H groups in total. The summed E-state index contributed by atoms with van der Waals surface area (Å²) in [5, 5.41) is 9.48. The lowest BCUT2D eigenvalue weighted by Crippen LogP contribution is -2.34. The van der Waals surface area contributed by atoms with Gasteiger partial charge in [0.25, 0.3) is 0 Å². The number of hydrogen-bond donors (Lipinski definition) is 1. The molecule has 1 aromatic rings. The third-order valence-corrected chi connectivity index (χ3v) is 4.61. The molecule has 1 heterocycles. The fraction of sp³-hybridized carbons (Fsp3) is 0.533. The molecule has 0 saturated carbocycles. The fourth-order valence-electron chi connectivity index (χ4n) is 2.95. The van der Waals surface area contributed by atoms with E-state index in [1.807, 2.05) is 6.92 Å². The topological polar surface area (TPSA) is 40.5 Å². The summed E-state index contributed by atoms with van der Waals surface area (Å²) in [6, 6.07) is 4.95. The predicted molar refractivity (Wildman–Crippen MR) is 79.0 cm³/mol. The van der Waals surface area contributed by atoms with Gasteiger partial charge in [0.2, 0.25) is 0 Å². The number of rotatable bonds is 5. The first-order valence-electron chi connectivity index (χ1n) is 6.86. The minimum atomic E-state index is -0.692. The molecule has 1 aliphatic heterocycles. The Bertz CT molecular complexity index is 509. The molecule has 0 amide bonds. The summed E-state index contributed by atoms with van der Waals surface area (Å²) in [5.74, 6) is -0.969. The van der Waals surface area contributed by atoms with Gasteiger partial charge in [-0.3, -0.25) is 9.69 Å². The van der Waals surface area contributed by atoms with E-state index in [9.17, 15) is 14.3 Å². The Labute approximate surface area is 126 Å². The number of aliphatic carboxylic acids is 1. The van der Waals surface area contributed by atoms with Crippen molar-refractivity contribution in [1.29, 1.82) is 0 Å². The molecule has 1 aromatic carbocycles. The van der Waals surface area contributed by atoms with Crippen molar-refractivity contribution < 1.29 is 14.3 Å². The monoisotopic (exact) mass is 343 g/mol. The molecule has 2 rings (SSSR count). The zero-order chi connectivity index (χ0) is 14.8. The lowest BCUT2D eigenvalue weighted by molar-refractivity contribution is -0.148. The van der Waals surface area contributed by atoms with Crippen molar-refractivity contribution in [2.45, 2.75) is 32.7 Å². The number of benzene rings is 1. The summed E-state index contributed by atoms with van der Waals surface area (Å²) in [4.78, 5) is 13.7. The molecule has 0 radical (unpaired) electrons. The van der Waals surface area contributed by atoms with Crippen LogP contribution in [-0.2, 0) is 11.3 Å². The number of nitrogens with zero attached hydrogens (tertiary/aromatic N) is 1. The van der Waals surface area contributed by atoms with Gasteiger partial charge in [-0.2, -0.15) is 0 Å². The third-order valence-electron chi connectivity index (χ3n) is 4.01. The first kappa shape index (κ1) is 15.4. The summed E-state index contributed by atoms with van der Waals surface area (Å²) < 4.78 is 13.7. The Hall–Kier alpha value is -0.940. The number of likely N-dealkylation sites (tertiary alicyclic amines) is 1. The van der Waals surface area contributed by atoms with Gasteiger partial charge in [-0.05, 0) is 53.0 Å². The van der Waals surface area contributed by atoms with Gasteiger partial charge in [-0.1, -0.05) is 19.4 Å². The van der Waals surface area contributed by atoms with E-state index in [0.717, 1.165) is 18.5 Å². The number of hydrogen-bond acceptors (Lipinski definition) is 2. The first-order valence-corrected chi connectivity index (χ1v) is 7.66. The Morgan fingerprint density at radius 3 is 2.90 bits per heavy atom. The van der Waals surface area contributed by atoms with Crippen molar-refractivity contribution in [2.24, 2.45) is 5.41 Å². The van der Waals surface area contributed by atoms with Crippen LogP contribution in [0.25, 0.3) is 0 Å². The van der Waals surface area contributed by atoms with E-state index in [4.69, 9.17) is 0 Å². The van der Waals surface area contributed by atoms with Crippen LogP contribution in [0.15, 0.2) is 22.7 Å². The maximum absolute atomic E-state index is 13.2. The molecule has 1 unspecified atom stereocenters. The average Bonchev–Trinajstić information content (AvgIpc) is 2.79. The van der Waals surface area contributed by atoms with Crippen LogP contribution in [0.4, 0.5) is 4.39 Å².